The van der Waals surface area contributed by atoms with Crippen LogP contribution in [-0.4, -0.2) is 44.2 Å². The molecule has 6 heteroatoms. The van der Waals surface area contributed by atoms with Gasteiger partial charge in [0.05, 0.1) is 12.7 Å². The Morgan fingerprint density at radius 3 is 2.55 bits per heavy atom. The molecule has 3 fully saturated rings. The van der Waals surface area contributed by atoms with Gasteiger partial charge in [-0.05, 0) is 19.8 Å². The number of ether oxygens (including phenoxy) is 4. The summed E-state index contributed by atoms with van der Waals surface area (Å²) in [5.41, 5.74) is -1.83. The van der Waals surface area contributed by atoms with E-state index in [1.54, 1.807) is 0 Å². The lowest BCUT2D eigenvalue weighted by Crippen LogP contribution is -2.75. The third-order valence-electron chi connectivity index (χ3n) is 5.23. The van der Waals surface area contributed by atoms with Crippen molar-refractivity contribution in [1.82, 2.24) is 0 Å². The highest BCUT2D eigenvalue weighted by atomic mass is 16.9. The molecule has 112 valence electrons. The van der Waals surface area contributed by atoms with Crippen LogP contribution in [0.3, 0.4) is 0 Å². The van der Waals surface area contributed by atoms with Crippen LogP contribution in [0.2, 0.25) is 0 Å². The quantitative estimate of drug-likeness (QED) is 0.696. The fourth-order valence-corrected chi connectivity index (χ4v) is 4.92. The van der Waals surface area contributed by atoms with Gasteiger partial charge in [-0.25, -0.2) is 0 Å². The summed E-state index contributed by atoms with van der Waals surface area (Å²) < 4.78 is 22.0. The molecule has 5 atom stereocenters. The number of carbonyl (C=O) groups excluding carboxylic acids is 2. The second kappa shape index (κ2) is 3.81. The van der Waals surface area contributed by atoms with Crippen molar-refractivity contribution in [2.45, 2.75) is 32.3 Å². The predicted molar refractivity (Wildman–Crippen MR) is 66.5 cm³/mol. The number of Topliss-reactive ketones (excluding diaryl/α,β-unsaturated/α-hetero) is 1. The molecule has 20 heavy (non-hydrogen) atoms. The smallest absolute Gasteiger partial charge is 0.321 e. The van der Waals surface area contributed by atoms with E-state index in [0.29, 0.717) is 0 Å². The Hall–Kier alpha value is -0.980. The Bertz CT molecular complexity index is 486. The molecular formula is C14H20O6. The molecule has 1 saturated carbocycles. The van der Waals surface area contributed by atoms with Crippen molar-refractivity contribution >= 4 is 11.8 Å². The van der Waals surface area contributed by atoms with Crippen molar-refractivity contribution in [2.75, 3.05) is 20.8 Å². The van der Waals surface area contributed by atoms with Crippen molar-refractivity contribution in [2.24, 2.45) is 23.2 Å². The number of rotatable bonds is 2. The van der Waals surface area contributed by atoms with Crippen LogP contribution in [0.1, 0.15) is 20.8 Å². The zero-order chi connectivity index (χ0) is 14.9. The van der Waals surface area contributed by atoms with Gasteiger partial charge in [0.1, 0.15) is 6.61 Å². The first-order valence-corrected chi connectivity index (χ1v) is 6.79. The molecule has 6 nitrogen and oxygen atoms in total. The van der Waals surface area contributed by atoms with E-state index in [9.17, 15) is 9.59 Å². The summed E-state index contributed by atoms with van der Waals surface area (Å²) in [6.45, 7) is 5.64. The summed E-state index contributed by atoms with van der Waals surface area (Å²) in [6.07, 6.45) is 0. The maximum absolute atomic E-state index is 12.5. The standard InChI is InChI=1S/C14H20O6/c1-7-9-8(15)6-19-14(18-5)13(9,11(16)17-4)10(7)12(2,3)20-14/h7,9-10H,6H2,1-5H3/t7-,9+,10-,13-,14-/m1/s1. The number of ketones is 1. The van der Waals surface area contributed by atoms with E-state index in [4.69, 9.17) is 18.9 Å². The zero-order valence-corrected chi connectivity index (χ0v) is 12.4. The summed E-state index contributed by atoms with van der Waals surface area (Å²) in [7, 11) is 2.74. The third-order valence-corrected chi connectivity index (χ3v) is 5.23. The average molecular weight is 284 g/mol. The van der Waals surface area contributed by atoms with Crippen molar-refractivity contribution in [3.63, 3.8) is 0 Å². The monoisotopic (exact) mass is 284 g/mol. The second-order valence-electron chi connectivity index (χ2n) is 6.40. The molecule has 0 aromatic carbocycles. The van der Waals surface area contributed by atoms with Gasteiger partial charge in [0.15, 0.2) is 11.2 Å². The van der Waals surface area contributed by atoms with Crippen LogP contribution in [0.5, 0.6) is 0 Å². The summed E-state index contributed by atoms with van der Waals surface area (Å²) in [6, 6.07) is 0. The lowest BCUT2D eigenvalue weighted by Gasteiger charge is -2.60. The molecule has 0 unspecified atom stereocenters. The molecule has 0 spiro atoms. The van der Waals surface area contributed by atoms with Crippen LogP contribution >= 0.6 is 0 Å². The van der Waals surface area contributed by atoms with Crippen LogP contribution in [0.15, 0.2) is 0 Å². The minimum atomic E-state index is -1.53. The van der Waals surface area contributed by atoms with Gasteiger partial charge in [0, 0.05) is 18.9 Å². The van der Waals surface area contributed by atoms with Crippen molar-refractivity contribution in [3.8, 4) is 0 Å². The minimum Gasteiger partial charge on any atom is -0.468 e. The molecular weight excluding hydrogens is 264 g/mol. The van der Waals surface area contributed by atoms with E-state index < -0.39 is 28.9 Å². The summed E-state index contributed by atoms with van der Waals surface area (Å²) in [4.78, 5) is 24.8. The van der Waals surface area contributed by atoms with Gasteiger partial charge in [-0.3, -0.25) is 9.59 Å². The van der Waals surface area contributed by atoms with Gasteiger partial charge in [-0.15, -0.1) is 0 Å². The summed E-state index contributed by atoms with van der Waals surface area (Å²) in [5, 5.41) is 0. The largest absolute Gasteiger partial charge is 0.468 e. The third kappa shape index (κ3) is 1.17. The van der Waals surface area contributed by atoms with E-state index in [2.05, 4.69) is 0 Å². The lowest BCUT2D eigenvalue weighted by atomic mass is 9.42. The van der Waals surface area contributed by atoms with E-state index in [-0.39, 0.29) is 24.2 Å². The Morgan fingerprint density at radius 2 is 2.00 bits per heavy atom. The van der Waals surface area contributed by atoms with Gasteiger partial charge >= 0.3 is 11.9 Å². The summed E-state index contributed by atoms with van der Waals surface area (Å²) >= 11 is 0. The maximum atomic E-state index is 12.5. The Kier molecular flexibility index (Phi) is 2.66. The molecule has 2 heterocycles. The highest BCUT2D eigenvalue weighted by Gasteiger charge is 2.88. The average Bonchev–Trinajstić information content (AvgIpc) is 2.59. The molecule has 0 bridgehead atoms. The number of methoxy groups -OCH3 is 2. The molecule has 0 N–H and O–H groups in total. The van der Waals surface area contributed by atoms with Crippen molar-refractivity contribution in [1.29, 1.82) is 0 Å². The molecule has 3 rings (SSSR count). The van der Waals surface area contributed by atoms with E-state index in [1.807, 2.05) is 20.8 Å². The molecule has 2 aliphatic heterocycles. The highest BCUT2D eigenvalue weighted by Crippen LogP contribution is 2.73. The first-order chi connectivity index (χ1) is 9.28. The van der Waals surface area contributed by atoms with Crippen molar-refractivity contribution < 1.29 is 28.5 Å². The van der Waals surface area contributed by atoms with Crippen LogP contribution in [0.4, 0.5) is 0 Å². The molecule has 0 aromatic rings. The summed E-state index contributed by atoms with van der Waals surface area (Å²) in [5.74, 6) is -2.75. The van der Waals surface area contributed by atoms with Gasteiger partial charge in [-0.1, -0.05) is 6.92 Å². The van der Waals surface area contributed by atoms with Gasteiger partial charge in [-0.2, -0.15) is 0 Å². The topological polar surface area (TPSA) is 71.1 Å². The Balaban J connectivity index is 2.22. The SMILES string of the molecule is COC(=O)[C@]12[C@@H]3C(=O)CO[C@@]1(OC)OC(C)(C)[C@H]2[C@@H]3C. The second-order valence-corrected chi connectivity index (χ2v) is 6.40. The van der Waals surface area contributed by atoms with E-state index >= 15 is 0 Å². The van der Waals surface area contributed by atoms with Crippen LogP contribution in [0, 0.1) is 23.2 Å². The number of hydrogen-bond donors (Lipinski definition) is 0. The Morgan fingerprint density at radius 1 is 1.35 bits per heavy atom. The fraction of sp³-hybridized carbons (Fsp3) is 0.857. The first kappa shape index (κ1) is 14.0. The molecule has 2 saturated heterocycles. The highest BCUT2D eigenvalue weighted by molar-refractivity contribution is 5.95. The van der Waals surface area contributed by atoms with Gasteiger partial charge in [0.25, 0.3) is 0 Å². The number of esters is 1. The van der Waals surface area contributed by atoms with Crippen LogP contribution in [-0.2, 0) is 28.5 Å². The zero-order valence-electron chi connectivity index (χ0n) is 12.4. The van der Waals surface area contributed by atoms with E-state index in [0.717, 1.165) is 0 Å². The van der Waals surface area contributed by atoms with Gasteiger partial charge < -0.3 is 18.9 Å². The predicted octanol–water partition coefficient (Wildman–Crippen LogP) is 0.736. The number of carbonyl (C=O) groups is 2. The van der Waals surface area contributed by atoms with Crippen LogP contribution in [0.25, 0.3) is 0 Å². The first-order valence-electron chi connectivity index (χ1n) is 6.79. The Labute approximate surface area is 117 Å². The van der Waals surface area contributed by atoms with Crippen LogP contribution < -0.4 is 0 Å². The lowest BCUT2D eigenvalue weighted by molar-refractivity contribution is -0.420. The molecule has 0 radical (unpaired) electrons. The van der Waals surface area contributed by atoms with E-state index in [1.165, 1.54) is 14.2 Å². The minimum absolute atomic E-state index is 0.0255. The van der Waals surface area contributed by atoms with Crippen molar-refractivity contribution in [3.05, 3.63) is 0 Å². The fourth-order valence-electron chi connectivity index (χ4n) is 4.92. The number of hydrogen-bond acceptors (Lipinski definition) is 6. The molecule has 1 aliphatic carbocycles. The molecule has 0 aromatic heterocycles. The normalized spacial score (nSPS) is 48.5. The molecule has 0 amide bonds. The molecule has 3 aliphatic rings. The van der Waals surface area contributed by atoms with Gasteiger partial charge in [0.2, 0.25) is 0 Å². The maximum Gasteiger partial charge on any atom is 0.321 e.